The van der Waals surface area contributed by atoms with Gasteiger partial charge < -0.3 is 9.84 Å². The maximum Gasteiger partial charge on any atom is 0.334 e. The highest BCUT2D eigenvalue weighted by atomic mass is 16.6. The van der Waals surface area contributed by atoms with Crippen molar-refractivity contribution in [1.29, 1.82) is 0 Å². The summed E-state index contributed by atoms with van der Waals surface area (Å²) in [5, 5.41) is 9.74. The fraction of sp³-hybridized carbons (Fsp3) is 0.800. The van der Waals surface area contributed by atoms with Crippen molar-refractivity contribution < 1.29 is 14.6 Å². The van der Waals surface area contributed by atoms with E-state index < -0.39 is 5.60 Å². The summed E-state index contributed by atoms with van der Waals surface area (Å²) in [5.74, 6) is 1.53. The molecule has 0 spiro atoms. The van der Waals surface area contributed by atoms with Crippen LogP contribution >= 0.6 is 0 Å². The van der Waals surface area contributed by atoms with Crippen LogP contribution in [-0.2, 0) is 9.53 Å². The van der Waals surface area contributed by atoms with Gasteiger partial charge in [0.2, 0.25) is 0 Å². The second-order valence-electron chi connectivity index (χ2n) is 6.38. The van der Waals surface area contributed by atoms with Crippen molar-refractivity contribution in [3.8, 4) is 0 Å². The van der Waals surface area contributed by atoms with Crippen molar-refractivity contribution in [2.75, 3.05) is 0 Å². The van der Waals surface area contributed by atoms with Crippen LogP contribution in [0, 0.1) is 11.8 Å². The first-order valence-corrected chi connectivity index (χ1v) is 7.28. The molecule has 3 nitrogen and oxygen atoms in total. The van der Waals surface area contributed by atoms with Crippen LogP contribution in [0.3, 0.4) is 0 Å². The van der Waals surface area contributed by atoms with Crippen LogP contribution in [0.1, 0.15) is 57.8 Å². The minimum absolute atomic E-state index is 0.206. The van der Waals surface area contributed by atoms with Crippen molar-refractivity contribution in [2.45, 2.75) is 63.4 Å². The Labute approximate surface area is 108 Å². The molecule has 0 radical (unpaired) electrons. The summed E-state index contributed by atoms with van der Waals surface area (Å²) in [6.45, 7) is 0. The molecule has 0 aromatic carbocycles. The Morgan fingerprint density at radius 3 is 2.17 bits per heavy atom. The van der Waals surface area contributed by atoms with Crippen LogP contribution in [0.5, 0.6) is 0 Å². The first-order valence-electron chi connectivity index (χ1n) is 7.28. The molecule has 3 aliphatic rings. The summed E-state index contributed by atoms with van der Waals surface area (Å²) in [7, 11) is 0. The minimum Gasteiger partial charge on any atom is -0.512 e. The standard InChI is InChI=1S/C15H22O3/c16-13-9-14(17)18-15(10-13,7-5-11-1-2-11)8-6-12-3-4-12/h9,11-12,16H,1-8,10H2. The van der Waals surface area contributed by atoms with Crippen molar-refractivity contribution in [1.82, 2.24) is 0 Å². The van der Waals surface area contributed by atoms with E-state index in [0.29, 0.717) is 6.42 Å². The molecule has 1 aliphatic heterocycles. The zero-order valence-corrected chi connectivity index (χ0v) is 10.9. The number of carbonyl (C=O) groups is 1. The molecule has 3 rings (SSSR count). The fourth-order valence-corrected chi connectivity index (χ4v) is 2.95. The highest BCUT2D eigenvalue weighted by Crippen LogP contribution is 2.43. The second-order valence-corrected chi connectivity index (χ2v) is 6.38. The van der Waals surface area contributed by atoms with Crippen molar-refractivity contribution in [3.05, 3.63) is 11.8 Å². The number of esters is 1. The third-order valence-electron chi connectivity index (χ3n) is 4.52. The quantitative estimate of drug-likeness (QED) is 0.734. The molecule has 18 heavy (non-hydrogen) atoms. The normalized spacial score (nSPS) is 26.7. The number of ether oxygens (including phenoxy) is 1. The van der Waals surface area contributed by atoms with E-state index in [1.54, 1.807) is 0 Å². The molecular weight excluding hydrogens is 228 g/mol. The van der Waals surface area contributed by atoms with E-state index in [1.807, 2.05) is 0 Å². The Kier molecular flexibility index (Phi) is 3.08. The lowest BCUT2D eigenvalue weighted by Crippen LogP contribution is -2.38. The molecule has 2 aliphatic carbocycles. The number of aliphatic hydroxyl groups excluding tert-OH is 1. The van der Waals surface area contributed by atoms with E-state index in [1.165, 1.54) is 31.8 Å². The lowest BCUT2D eigenvalue weighted by atomic mass is 9.84. The van der Waals surface area contributed by atoms with E-state index in [-0.39, 0.29) is 11.7 Å². The molecule has 0 aromatic rings. The average Bonchev–Trinajstić information content (AvgIpc) is 3.16. The van der Waals surface area contributed by atoms with Gasteiger partial charge in [0.05, 0.1) is 6.08 Å². The van der Waals surface area contributed by atoms with E-state index in [2.05, 4.69) is 0 Å². The van der Waals surface area contributed by atoms with Crippen LogP contribution in [0.2, 0.25) is 0 Å². The van der Waals surface area contributed by atoms with Crippen molar-refractivity contribution in [2.24, 2.45) is 11.8 Å². The Balaban J connectivity index is 1.64. The predicted octanol–water partition coefficient (Wildman–Crippen LogP) is 3.49. The molecule has 0 atom stereocenters. The zero-order chi connectivity index (χ0) is 12.6. The summed E-state index contributed by atoms with van der Waals surface area (Å²) in [5.41, 5.74) is -0.402. The number of aliphatic hydroxyl groups is 1. The highest BCUT2D eigenvalue weighted by Gasteiger charge is 2.40. The first kappa shape index (κ1) is 12.1. The smallest absolute Gasteiger partial charge is 0.334 e. The molecule has 0 saturated heterocycles. The van der Waals surface area contributed by atoms with Gasteiger partial charge in [-0.3, -0.25) is 0 Å². The van der Waals surface area contributed by atoms with Gasteiger partial charge in [-0.05, 0) is 37.5 Å². The van der Waals surface area contributed by atoms with Gasteiger partial charge in [-0.1, -0.05) is 25.7 Å². The molecule has 1 heterocycles. The summed E-state index contributed by atoms with van der Waals surface area (Å²) in [6, 6.07) is 0. The average molecular weight is 250 g/mol. The van der Waals surface area contributed by atoms with Crippen LogP contribution in [0.15, 0.2) is 11.8 Å². The van der Waals surface area contributed by atoms with E-state index in [9.17, 15) is 9.90 Å². The van der Waals surface area contributed by atoms with Crippen LogP contribution in [-0.4, -0.2) is 16.7 Å². The summed E-state index contributed by atoms with van der Waals surface area (Å²) < 4.78 is 5.63. The third-order valence-corrected chi connectivity index (χ3v) is 4.52. The fourth-order valence-electron chi connectivity index (χ4n) is 2.95. The van der Waals surface area contributed by atoms with Crippen LogP contribution in [0.4, 0.5) is 0 Å². The minimum atomic E-state index is -0.402. The second kappa shape index (κ2) is 4.60. The summed E-state index contributed by atoms with van der Waals surface area (Å²) in [4.78, 5) is 11.6. The maximum atomic E-state index is 11.6. The third kappa shape index (κ3) is 3.06. The monoisotopic (exact) mass is 250 g/mol. The molecule has 1 N–H and O–H groups in total. The molecule has 0 unspecified atom stereocenters. The first-order chi connectivity index (χ1) is 8.65. The number of hydrogen-bond acceptors (Lipinski definition) is 3. The van der Waals surface area contributed by atoms with Gasteiger partial charge in [0.1, 0.15) is 11.4 Å². The van der Waals surface area contributed by atoms with Gasteiger partial charge in [-0.25, -0.2) is 4.79 Å². The highest BCUT2D eigenvalue weighted by molar-refractivity contribution is 5.83. The maximum absolute atomic E-state index is 11.6. The zero-order valence-electron chi connectivity index (χ0n) is 10.9. The molecule has 3 heteroatoms. The lowest BCUT2D eigenvalue weighted by molar-refractivity contribution is -0.159. The number of cyclic esters (lactones) is 1. The molecule has 100 valence electrons. The van der Waals surface area contributed by atoms with Gasteiger partial charge in [0.25, 0.3) is 0 Å². The molecule has 0 bridgehead atoms. The van der Waals surface area contributed by atoms with E-state index >= 15 is 0 Å². The number of hydrogen-bond donors (Lipinski definition) is 1. The Hall–Kier alpha value is -0.990. The van der Waals surface area contributed by atoms with E-state index in [4.69, 9.17) is 4.74 Å². The van der Waals surface area contributed by atoms with Gasteiger partial charge in [0.15, 0.2) is 0 Å². The topological polar surface area (TPSA) is 46.5 Å². The molecule has 0 aromatic heterocycles. The molecule has 0 amide bonds. The summed E-state index contributed by atoms with van der Waals surface area (Å²) in [6.07, 6.45) is 11.2. The Morgan fingerprint density at radius 1 is 1.17 bits per heavy atom. The van der Waals surface area contributed by atoms with Gasteiger partial charge >= 0.3 is 5.97 Å². The molecular formula is C15H22O3. The summed E-state index contributed by atoms with van der Waals surface area (Å²) >= 11 is 0. The largest absolute Gasteiger partial charge is 0.512 e. The molecule has 2 fully saturated rings. The van der Waals surface area contributed by atoms with Gasteiger partial charge in [-0.2, -0.15) is 0 Å². The Bertz CT molecular complexity index is 348. The molecule has 2 saturated carbocycles. The lowest BCUT2D eigenvalue weighted by Gasteiger charge is -2.35. The Morgan fingerprint density at radius 2 is 1.72 bits per heavy atom. The predicted molar refractivity (Wildman–Crippen MR) is 68.1 cm³/mol. The van der Waals surface area contributed by atoms with Crippen molar-refractivity contribution >= 4 is 5.97 Å². The van der Waals surface area contributed by atoms with Crippen LogP contribution in [0.25, 0.3) is 0 Å². The van der Waals surface area contributed by atoms with Crippen molar-refractivity contribution in [3.63, 3.8) is 0 Å². The van der Waals surface area contributed by atoms with Gasteiger partial charge in [0, 0.05) is 6.42 Å². The number of carbonyl (C=O) groups excluding carboxylic acids is 1. The van der Waals surface area contributed by atoms with Gasteiger partial charge in [-0.15, -0.1) is 0 Å². The SMILES string of the molecule is O=C1C=C(O)CC(CCC2CC2)(CCC2CC2)O1. The van der Waals surface area contributed by atoms with E-state index in [0.717, 1.165) is 37.5 Å². The van der Waals surface area contributed by atoms with Crippen LogP contribution < -0.4 is 0 Å². The number of rotatable bonds is 6.